The summed E-state index contributed by atoms with van der Waals surface area (Å²) in [5.41, 5.74) is 2.70. The van der Waals surface area contributed by atoms with Crippen LogP contribution in [0.5, 0.6) is 0 Å². The molecule has 0 aromatic heterocycles. The van der Waals surface area contributed by atoms with Gasteiger partial charge in [0.2, 0.25) is 0 Å². The van der Waals surface area contributed by atoms with Crippen molar-refractivity contribution in [1.82, 2.24) is 5.32 Å². The minimum atomic E-state index is 0.0602. The summed E-state index contributed by atoms with van der Waals surface area (Å²) in [5, 5.41) is 3.37. The maximum atomic E-state index is 10.9. The fourth-order valence-corrected chi connectivity index (χ4v) is 2.44. The summed E-state index contributed by atoms with van der Waals surface area (Å²) in [6.45, 7) is 9.85. The molecule has 0 aliphatic carbocycles. The lowest BCUT2D eigenvalue weighted by Gasteiger charge is -2.28. The number of hydrogen-bond acceptors (Lipinski definition) is 2. The quantitative estimate of drug-likeness (QED) is 0.813. The van der Waals surface area contributed by atoms with Crippen molar-refractivity contribution in [2.24, 2.45) is 0 Å². The molecule has 0 amide bonds. The molecule has 0 radical (unpaired) electrons. The number of nitrogens with one attached hydrogen (secondary N) is 1. The summed E-state index contributed by atoms with van der Waals surface area (Å²) in [6.07, 6.45) is 0.605. The van der Waals surface area contributed by atoms with E-state index in [9.17, 15) is 4.79 Å². The first-order chi connectivity index (χ1) is 8.33. The van der Waals surface area contributed by atoms with Gasteiger partial charge in [-0.25, -0.2) is 0 Å². The third-order valence-electron chi connectivity index (χ3n) is 3.15. The van der Waals surface area contributed by atoms with Gasteiger partial charge in [-0.3, -0.25) is 4.79 Å². The average Bonchev–Trinajstić information content (AvgIpc) is 2.27. The van der Waals surface area contributed by atoms with Crippen molar-refractivity contribution in [3.8, 4) is 0 Å². The molecule has 1 N–H and O–H groups in total. The molecule has 0 spiro atoms. The Labute approximate surface area is 118 Å². The fourth-order valence-electron chi connectivity index (χ4n) is 2.08. The Bertz CT molecular complexity index is 427. The number of hydrogen-bond donors (Lipinski definition) is 1. The molecular formula is C15H22BrNO. The van der Waals surface area contributed by atoms with E-state index in [0.29, 0.717) is 6.42 Å². The zero-order valence-electron chi connectivity index (χ0n) is 11.6. The zero-order valence-corrected chi connectivity index (χ0v) is 13.2. The Morgan fingerprint density at radius 3 is 2.67 bits per heavy atom. The van der Waals surface area contributed by atoms with Crippen molar-refractivity contribution >= 4 is 21.7 Å². The molecule has 0 saturated carbocycles. The summed E-state index contributed by atoms with van der Waals surface area (Å²) in [5.74, 6) is 0.235. The van der Waals surface area contributed by atoms with E-state index in [1.807, 2.05) is 0 Å². The molecule has 1 aromatic rings. The molecule has 0 unspecified atom stereocenters. The highest BCUT2D eigenvalue weighted by Gasteiger charge is 2.22. The van der Waals surface area contributed by atoms with Gasteiger partial charge in [0.25, 0.3) is 0 Å². The number of ketones is 1. The van der Waals surface area contributed by atoms with E-state index in [-0.39, 0.29) is 11.2 Å². The Hall–Kier alpha value is -0.670. The lowest BCUT2D eigenvalue weighted by Crippen LogP contribution is -2.34. The fraction of sp³-hybridized carbons (Fsp3) is 0.533. The van der Waals surface area contributed by atoms with Gasteiger partial charge >= 0.3 is 0 Å². The highest BCUT2D eigenvalue weighted by molar-refractivity contribution is 9.10. The molecule has 0 heterocycles. The predicted molar refractivity (Wildman–Crippen MR) is 80.1 cm³/mol. The van der Waals surface area contributed by atoms with Gasteiger partial charge in [-0.2, -0.15) is 0 Å². The molecule has 1 rings (SSSR count). The number of carbonyl (C=O) groups is 1. The molecule has 0 bridgehead atoms. The molecular weight excluding hydrogens is 290 g/mol. The van der Waals surface area contributed by atoms with Gasteiger partial charge in [-0.1, -0.05) is 35.8 Å². The third-order valence-corrected chi connectivity index (χ3v) is 3.64. The zero-order chi connectivity index (χ0) is 13.8. The van der Waals surface area contributed by atoms with Gasteiger partial charge < -0.3 is 5.32 Å². The summed E-state index contributed by atoms with van der Waals surface area (Å²) in [7, 11) is 0. The van der Waals surface area contributed by atoms with Gasteiger partial charge in [0.15, 0.2) is 0 Å². The summed E-state index contributed by atoms with van der Waals surface area (Å²) in [6, 6.07) is 6.39. The first kappa shape index (κ1) is 15.4. The van der Waals surface area contributed by atoms with Crippen LogP contribution in [0, 0.1) is 6.92 Å². The van der Waals surface area contributed by atoms with Crippen LogP contribution in [-0.2, 0) is 10.2 Å². The first-order valence-corrected chi connectivity index (χ1v) is 7.09. The van der Waals surface area contributed by atoms with Crippen LogP contribution in [0.3, 0.4) is 0 Å². The van der Waals surface area contributed by atoms with Crippen LogP contribution >= 0.6 is 15.9 Å². The van der Waals surface area contributed by atoms with E-state index in [2.05, 4.69) is 60.2 Å². The largest absolute Gasteiger partial charge is 0.315 e. The highest BCUT2D eigenvalue weighted by Crippen LogP contribution is 2.28. The summed E-state index contributed by atoms with van der Waals surface area (Å²) in [4.78, 5) is 10.9. The van der Waals surface area contributed by atoms with Gasteiger partial charge in [-0.15, -0.1) is 0 Å². The highest BCUT2D eigenvalue weighted by atomic mass is 79.9. The molecule has 100 valence electrons. The van der Waals surface area contributed by atoms with E-state index in [1.54, 1.807) is 6.92 Å². The van der Waals surface area contributed by atoms with E-state index in [1.165, 1.54) is 11.1 Å². The van der Waals surface area contributed by atoms with Crippen LogP contribution in [0.4, 0.5) is 0 Å². The molecule has 0 aliphatic rings. The Morgan fingerprint density at radius 2 is 2.06 bits per heavy atom. The van der Waals surface area contributed by atoms with Crippen LogP contribution in [0.25, 0.3) is 0 Å². The molecule has 2 nitrogen and oxygen atoms in total. The average molecular weight is 312 g/mol. The van der Waals surface area contributed by atoms with E-state index < -0.39 is 0 Å². The van der Waals surface area contributed by atoms with Crippen LogP contribution in [0.15, 0.2) is 22.7 Å². The second kappa shape index (κ2) is 6.48. The maximum Gasteiger partial charge on any atom is 0.131 e. The molecule has 3 heteroatoms. The molecule has 0 aliphatic heterocycles. The van der Waals surface area contributed by atoms with Gasteiger partial charge in [0.05, 0.1) is 0 Å². The smallest absolute Gasteiger partial charge is 0.131 e. The van der Waals surface area contributed by atoms with Crippen LogP contribution in [0.2, 0.25) is 0 Å². The number of Topliss-reactive ketones (excluding diaryl/α,β-unsaturated/α-hetero) is 1. The van der Waals surface area contributed by atoms with Crippen molar-refractivity contribution in [2.75, 3.05) is 13.1 Å². The lowest BCUT2D eigenvalue weighted by atomic mass is 9.82. The maximum absolute atomic E-state index is 10.9. The number of aryl methyl sites for hydroxylation is 1. The minimum absolute atomic E-state index is 0.0602. The van der Waals surface area contributed by atoms with Crippen molar-refractivity contribution in [3.05, 3.63) is 33.8 Å². The first-order valence-electron chi connectivity index (χ1n) is 6.30. The second-order valence-electron chi connectivity index (χ2n) is 5.47. The van der Waals surface area contributed by atoms with Crippen molar-refractivity contribution in [2.45, 2.75) is 39.5 Å². The Balaban J connectivity index is 2.67. The molecule has 0 fully saturated rings. The second-order valence-corrected chi connectivity index (χ2v) is 6.39. The van der Waals surface area contributed by atoms with Gasteiger partial charge in [0.1, 0.15) is 5.78 Å². The number of halogens is 1. The number of carbonyl (C=O) groups excluding carboxylic acids is 1. The molecule has 0 atom stereocenters. The minimum Gasteiger partial charge on any atom is -0.315 e. The SMILES string of the molecule is CC(=O)CCNCC(C)(C)c1cc(Br)ccc1C. The van der Waals surface area contributed by atoms with E-state index >= 15 is 0 Å². The number of benzene rings is 1. The summed E-state index contributed by atoms with van der Waals surface area (Å²) >= 11 is 3.52. The lowest BCUT2D eigenvalue weighted by molar-refractivity contribution is -0.116. The standard InChI is InChI=1S/C15H22BrNO/c1-11-5-6-13(16)9-14(11)15(3,4)10-17-8-7-12(2)18/h5-6,9,17H,7-8,10H2,1-4H3. The Morgan fingerprint density at radius 1 is 1.39 bits per heavy atom. The Kier molecular flexibility index (Phi) is 5.54. The normalized spacial score (nSPS) is 11.6. The van der Waals surface area contributed by atoms with Crippen molar-refractivity contribution < 1.29 is 4.79 Å². The van der Waals surface area contributed by atoms with Crippen LogP contribution in [-0.4, -0.2) is 18.9 Å². The molecule has 0 saturated heterocycles. The monoisotopic (exact) mass is 311 g/mol. The summed E-state index contributed by atoms with van der Waals surface area (Å²) < 4.78 is 1.11. The number of rotatable bonds is 6. The molecule has 1 aromatic carbocycles. The van der Waals surface area contributed by atoms with Crippen molar-refractivity contribution in [3.63, 3.8) is 0 Å². The predicted octanol–water partition coefficient (Wildman–Crippen LogP) is 3.60. The van der Waals surface area contributed by atoms with Gasteiger partial charge in [0, 0.05) is 29.4 Å². The van der Waals surface area contributed by atoms with Crippen LogP contribution in [0.1, 0.15) is 38.3 Å². The third kappa shape index (κ3) is 4.54. The van der Waals surface area contributed by atoms with Crippen LogP contribution < -0.4 is 5.32 Å². The van der Waals surface area contributed by atoms with Gasteiger partial charge in [-0.05, 0) is 37.1 Å². The van der Waals surface area contributed by atoms with E-state index in [4.69, 9.17) is 0 Å². The van der Waals surface area contributed by atoms with E-state index in [0.717, 1.165) is 17.6 Å². The topological polar surface area (TPSA) is 29.1 Å². The molecule has 18 heavy (non-hydrogen) atoms. The van der Waals surface area contributed by atoms with Crippen molar-refractivity contribution in [1.29, 1.82) is 0 Å².